The minimum Gasteiger partial charge on any atom is -0.395 e. The normalized spacial score (nSPS) is 13.9. The van der Waals surface area contributed by atoms with Gasteiger partial charge >= 0.3 is 0 Å². The Kier molecular flexibility index (Phi) is 6.24. The molecule has 2 aromatic carbocycles. The van der Waals surface area contributed by atoms with Crippen LogP contribution in [0.1, 0.15) is 30.5 Å². The van der Waals surface area contributed by atoms with Crippen molar-refractivity contribution in [2.24, 2.45) is 0 Å². The van der Waals surface area contributed by atoms with Gasteiger partial charge in [0.1, 0.15) is 0 Å². The van der Waals surface area contributed by atoms with Crippen LogP contribution in [0.2, 0.25) is 5.02 Å². The molecular formula is C18H22ClNO. The van der Waals surface area contributed by atoms with Crippen LogP contribution in [0.15, 0.2) is 54.6 Å². The highest BCUT2D eigenvalue weighted by atomic mass is 35.5. The minimum atomic E-state index is 0.0491. The topological polar surface area (TPSA) is 32.3 Å². The summed E-state index contributed by atoms with van der Waals surface area (Å²) < 4.78 is 0. The van der Waals surface area contributed by atoms with Crippen LogP contribution in [0.3, 0.4) is 0 Å². The Bertz CT molecular complexity index is 527. The SMILES string of the molecule is CCC(NC(CO)Cc1ccccc1)c1ccc(Cl)cc1. The second-order valence-electron chi connectivity index (χ2n) is 5.25. The lowest BCUT2D eigenvalue weighted by molar-refractivity contribution is 0.229. The van der Waals surface area contributed by atoms with E-state index in [1.807, 2.05) is 42.5 Å². The fourth-order valence-corrected chi connectivity index (χ4v) is 2.63. The highest BCUT2D eigenvalue weighted by molar-refractivity contribution is 6.30. The van der Waals surface area contributed by atoms with Crippen LogP contribution in [0.25, 0.3) is 0 Å². The first-order valence-corrected chi connectivity index (χ1v) is 7.77. The molecule has 0 amide bonds. The Balaban J connectivity index is 2.03. The molecule has 2 unspecified atom stereocenters. The average Bonchev–Trinajstić information content (AvgIpc) is 2.53. The third-order valence-electron chi connectivity index (χ3n) is 3.66. The van der Waals surface area contributed by atoms with Crippen molar-refractivity contribution < 1.29 is 5.11 Å². The summed E-state index contributed by atoms with van der Waals surface area (Å²) in [5, 5.41) is 13.9. The lowest BCUT2D eigenvalue weighted by atomic mass is 10.0. The van der Waals surface area contributed by atoms with E-state index < -0.39 is 0 Å². The summed E-state index contributed by atoms with van der Waals surface area (Å²) in [6.07, 6.45) is 1.79. The molecule has 0 heterocycles. The smallest absolute Gasteiger partial charge is 0.0588 e. The van der Waals surface area contributed by atoms with Gasteiger partial charge in [-0.1, -0.05) is 61.0 Å². The third kappa shape index (κ3) is 4.85. The van der Waals surface area contributed by atoms with Gasteiger partial charge in [-0.25, -0.2) is 0 Å². The molecule has 21 heavy (non-hydrogen) atoms. The van der Waals surface area contributed by atoms with Crippen molar-refractivity contribution in [2.75, 3.05) is 6.61 Å². The van der Waals surface area contributed by atoms with Crippen LogP contribution in [-0.4, -0.2) is 17.8 Å². The highest BCUT2D eigenvalue weighted by Crippen LogP contribution is 2.20. The molecule has 2 N–H and O–H groups in total. The number of hydrogen-bond acceptors (Lipinski definition) is 2. The molecule has 2 atom stereocenters. The lowest BCUT2D eigenvalue weighted by Gasteiger charge is -2.24. The summed E-state index contributed by atoms with van der Waals surface area (Å²) in [4.78, 5) is 0. The number of aliphatic hydroxyl groups is 1. The predicted molar refractivity (Wildman–Crippen MR) is 88.6 cm³/mol. The first kappa shape index (κ1) is 16.0. The summed E-state index contributed by atoms with van der Waals surface area (Å²) in [5.74, 6) is 0. The zero-order chi connectivity index (χ0) is 15.1. The van der Waals surface area contributed by atoms with Crippen LogP contribution in [0.5, 0.6) is 0 Å². The monoisotopic (exact) mass is 303 g/mol. The lowest BCUT2D eigenvalue weighted by Crippen LogP contribution is -2.37. The van der Waals surface area contributed by atoms with E-state index >= 15 is 0 Å². The molecule has 0 aliphatic heterocycles. The molecule has 0 fully saturated rings. The van der Waals surface area contributed by atoms with Gasteiger partial charge in [0.05, 0.1) is 6.61 Å². The van der Waals surface area contributed by atoms with Gasteiger partial charge in [0, 0.05) is 17.1 Å². The summed E-state index contributed by atoms with van der Waals surface area (Å²) in [6, 6.07) is 18.4. The van der Waals surface area contributed by atoms with Gasteiger partial charge in [0.2, 0.25) is 0 Å². The summed E-state index contributed by atoms with van der Waals surface area (Å²) in [7, 11) is 0. The Hall–Kier alpha value is -1.35. The van der Waals surface area contributed by atoms with Gasteiger partial charge in [0.25, 0.3) is 0 Å². The van der Waals surface area contributed by atoms with Crippen LogP contribution in [0, 0.1) is 0 Å². The Morgan fingerprint density at radius 2 is 1.71 bits per heavy atom. The van der Waals surface area contributed by atoms with Crippen molar-refractivity contribution >= 4 is 11.6 Å². The Morgan fingerprint density at radius 3 is 2.29 bits per heavy atom. The van der Waals surface area contributed by atoms with E-state index in [2.05, 4.69) is 24.4 Å². The number of rotatable bonds is 7. The van der Waals surface area contributed by atoms with E-state index in [1.54, 1.807) is 0 Å². The number of benzene rings is 2. The largest absolute Gasteiger partial charge is 0.395 e. The number of halogens is 1. The van der Waals surface area contributed by atoms with Crippen molar-refractivity contribution in [3.05, 3.63) is 70.7 Å². The molecule has 0 aromatic heterocycles. The van der Waals surface area contributed by atoms with Gasteiger partial charge in [-0.3, -0.25) is 0 Å². The van der Waals surface area contributed by atoms with Crippen molar-refractivity contribution in [1.29, 1.82) is 0 Å². The maximum absolute atomic E-state index is 9.64. The second kappa shape index (κ2) is 8.18. The van der Waals surface area contributed by atoms with Gasteiger partial charge in [-0.15, -0.1) is 0 Å². The minimum absolute atomic E-state index is 0.0491. The van der Waals surface area contributed by atoms with Gasteiger partial charge in [-0.2, -0.15) is 0 Å². The average molecular weight is 304 g/mol. The molecule has 0 aliphatic carbocycles. The predicted octanol–water partition coefficient (Wildman–Crippen LogP) is 3.98. The number of hydrogen-bond donors (Lipinski definition) is 2. The third-order valence-corrected chi connectivity index (χ3v) is 3.91. The maximum Gasteiger partial charge on any atom is 0.0588 e. The molecule has 2 aromatic rings. The molecular weight excluding hydrogens is 282 g/mol. The van der Waals surface area contributed by atoms with Gasteiger partial charge < -0.3 is 10.4 Å². The second-order valence-corrected chi connectivity index (χ2v) is 5.68. The van der Waals surface area contributed by atoms with Crippen molar-refractivity contribution in [3.63, 3.8) is 0 Å². The Labute approximate surface area is 131 Å². The molecule has 0 saturated carbocycles. The number of aliphatic hydroxyl groups excluding tert-OH is 1. The molecule has 0 spiro atoms. The van der Waals surface area contributed by atoms with Crippen LogP contribution in [-0.2, 0) is 6.42 Å². The van der Waals surface area contributed by atoms with Gasteiger partial charge in [0.15, 0.2) is 0 Å². The zero-order valence-corrected chi connectivity index (χ0v) is 13.1. The zero-order valence-electron chi connectivity index (χ0n) is 12.3. The fourth-order valence-electron chi connectivity index (χ4n) is 2.50. The highest BCUT2D eigenvalue weighted by Gasteiger charge is 2.15. The maximum atomic E-state index is 9.64. The molecule has 0 aliphatic rings. The standard InChI is InChI=1S/C18H22ClNO/c1-2-18(15-8-10-16(19)11-9-15)20-17(13-21)12-14-6-4-3-5-7-14/h3-11,17-18,20-21H,2,12-13H2,1H3. The van der Waals surface area contributed by atoms with Crippen LogP contribution in [0.4, 0.5) is 0 Å². The Morgan fingerprint density at radius 1 is 1.05 bits per heavy atom. The van der Waals surface area contributed by atoms with E-state index in [0.29, 0.717) is 0 Å². The van der Waals surface area contributed by atoms with E-state index in [0.717, 1.165) is 17.9 Å². The molecule has 2 nitrogen and oxygen atoms in total. The van der Waals surface area contributed by atoms with Crippen molar-refractivity contribution in [3.8, 4) is 0 Å². The quantitative estimate of drug-likeness (QED) is 0.811. The molecule has 0 saturated heterocycles. The van der Waals surface area contributed by atoms with E-state index in [1.165, 1.54) is 11.1 Å². The van der Waals surface area contributed by atoms with Gasteiger partial charge in [-0.05, 0) is 36.1 Å². The fraction of sp³-hybridized carbons (Fsp3) is 0.333. The first-order valence-electron chi connectivity index (χ1n) is 7.39. The van der Waals surface area contributed by atoms with E-state index in [4.69, 9.17) is 11.6 Å². The van der Waals surface area contributed by atoms with E-state index in [9.17, 15) is 5.11 Å². The first-order chi connectivity index (χ1) is 10.2. The molecule has 112 valence electrons. The molecule has 0 radical (unpaired) electrons. The van der Waals surface area contributed by atoms with Crippen molar-refractivity contribution in [1.82, 2.24) is 5.32 Å². The summed E-state index contributed by atoms with van der Waals surface area (Å²) in [6.45, 7) is 2.27. The molecule has 0 bridgehead atoms. The molecule has 2 rings (SSSR count). The summed E-state index contributed by atoms with van der Waals surface area (Å²) in [5.41, 5.74) is 2.43. The van der Waals surface area contributed by atoms with Crippen molar-refractivity contribution in [2.45, 2.75) is 31.8 Å². The van der Waals surface area contributed by atoms with Crippen LogP contribution >= 0.6 is 11.6 Å². The molecule has 3 heteroatoms. The summed E-state index contributed by atoms with van der Waals surface area (Å²) >= 11 is 5.94. The van der Waals surface area contributed by atoms with Crippen LogP contribution < -0.4 is 5.32 Å². The van der Waals surface area contributed by atoms with E-state index in [-0.39, 0.29) is 18.7 Å². The number of nitrogens with one attached hydrogen (secondary N) is 1.